The fourth-order valence-electron chi connectivity index (χ4n) is 4.73. The van der Waals surface area contributed by atoms with Crippen LogP contribution in [0, 0.1) is 0 Å². The standard InChI is InChI=1S/C24H27N11O2/c1-34(16-3-7-37-8-4-16)6-5-27-23(36)14-9-17-19(28-10-14)20-18-21(30-17)33-35(2)22(18)32-24(31-20)29-15-11-25-13-26-12-15/h9-13,16,30,33H,3-8H2,1-2H3,(H,27,36). The van der Waals surface area contributed by atoms with Crippen LogP contribution in [0.4, 0.5) is 5.69 Å². The van der Waals surface area contributed by atoms with Gasteiger partial charge in [0.2, 0.25) is 0 Å². The quantitative estimate of drug-likeness (QED) is 0.293. The minimum absolute atomic E-state index is 0.173. The number of hydrogen-bond acceptors (Lipinski definition) is 9. The van der Waals surface area contributed by atoms with Gasteiger partial charge in [0.1, 0.15) is 28.7 Å². The van der Waals surface area contributed by atoms with Crippen molar-refractivity contribution in [2.24, 2.45) is 12.0 Å². The molecule has 13 heteroatoms. The number of hydrogen-bond donors (Lipinski definition) is 3. The van der Waals surface area contributed by atoms with Crippen LogP contribution in [0.3, 0.4) is 0 Å². The van der Waals surface area contributed by atoms with E-state index in [1.165, 1.54) is 6.33 Å². The lowest BCUT2D eigenvalue weighted by molar-refractivity contribution is 0.0432. The fraction of sp³-hybridized carbons (Fsp3) is 0.375. The largest absolute Gasteiger partial charge is 0.381 e. The highest BCUT2D eigenvalue weighted by Gasteiger charge is 2.19. The molecule has 0 unspecified atom stereocenters. The van der Waals surface area contributed by atoms with E-state index in [-0.39, 0.29) is 11.5 Å². The highest BCUT2D eigenvalue weighted by Crippen LogP contribution is 2.26. The van der Waals surface area contributed by atoms with Gasteiger partial charge in [-0.05, 0) is 26.0 Å². The molecular weight excluding hydrogens is 474 g/mol. The van der Waals surface area contributed by atoms with Crippen LogP contribution in [0.25, 0.3) is 33.2 Å². The molecule has 5 aromatic heterocycles. The van der Waals surface area contributed by atoms with E-state index in [0.717, 1.165) is 43.6 Å². The first-order chi connectivity index (χ1) is 18.1. The van der Waals surface area contributed by atoms with Crippen LogP contribution in [0.5, 0.6) is 0 Å². The molecule has 1 amide bonds. The first-order valence-electron chi connectivity index (χ1n) is 12.2. The average molecular weight is 502 g/mol. The fourth-order valence-corrected chi connectivity index (χ4v) is 4.73. The van der Waals surface area contributed by atoms with Crippen LogP contribution in [0.1, 0.15) is 23.2 Å². The SMILES string of the molecule is CN(CCNC(=O)c1cnc2c(c1)[nH]c1[nH]n(C)c3nc(=Nc4cncnc4)nc2c13)C1CCOCC1. The number of amides is 1. The van der Waals surface area contributed by atoms with Crippen LogP contribution < -0.4 is 10.9 Å². The van der Waals surface area contributed by atoms with Gasteiger partial charge in [-0.2, -0.15) is 4.98 Å². The zero-order chi connectivity index (χ0) is 25.4. The summed E-state index contributed by atoms with van der Waals surface area (Å²) in [6.07, 6.45) is 8.24. The molecule has 0 radical (unpaired) electrons. The molecule has 6 rings (SSSR count). The molecule has 0 saturated carbocycles. The molecule has 1 aliphatic heterocycles. The van der Waals surface area contributed by atoms with Crippen molar-refractivity contribution in [2.75, 3.05) is 33.4 Å². The molecule has 3 N–H and O–H groups in total. The topological polar surface area (TPSA) is 155 Å². The molecule has 13 nitrogen and oxygen atoms in total. The van der Waals surface area contributed by atoms with Crippen molar-refractivity contribution >= 4 is 44.8 Å². The summed E-state index contributed by atoms with van der Waals surface area (Å²) in [5.74, 6) is -0.173. The minimum atomic E-state index is -0.173. The summed E-state index contributed by atoms with van der Waals surface area (Å²) in [7, 11) is 3.95. The van der Waals surface area contributed by atoms with E-state index in [2.05, 4.69) is 57.3 Å². The van der Waals surface area contributed by atoms with Gasteiger partial charge in [-0.15, -0.1) is 0 Å². The number of carbonyl (C=O) groups is 1. The number of fused-ring (bicyclic) bond motifs is 2. The Morgan fingerprint density at radius 2 is 2.03 bits per heavy atom. The van der Waals surface area contributed by atoms with Gasteiger partial charge in [0, 0.05) is 45.6 Å². The number of aromatic nitrogens is 8. The van der Waals surface area contributed by atoms with Gasteiger partial charge in [0.05, 0.1) is 28.9 Å². The number of carbonyl (C=O) groups excluding carboxylic acids is 1. The van der Waals surface area contributed by atoms with E-state index in [1.807, 2.05) is 7.05 Å². The maximum atomic E-state index is 12.9. The third kappa shape index (κ3) is 4.54. The minimum Gasteiger partial charge on any atom is -0.381 e. The normalized spacial score (nSPS) is 15.4. The lowest BCUT2D eigenvalue weighted by Gasteiger charge is -2.31. The van der Waals surface area contributed by atoms with E-state index in [0.29, 0.717) is 46.0 Å². The van der Waals surface area contributed by atoms with Crippen LogP contribution in [-0.2, 0) is 11.8 Å². The molecule has 5 aromatic rings. The Morgan fingerprint density at radius 3 is 2.84 bits per heavy atom. The van der Waals surface area contributed by atoms with Gasteiger partial charge in [-0.1, -0.05) is 0 Å². The predicted molar refractivity (Wildman–Crippen MR) is 136 cm³/mol. The van der Waals surface area contributed by atoms with Crippen LogP contribution >= 0.6 is 0 Å². The maximum Gasteiger partial charge on any atom is 0.252 e. The molecule has 1 aliphatic rings. The molecule has 1 saturated heterocycles. The Hall–Kier alpha value is -4.23. The Morgan fingerprint density at radius 1 is 1.22 bits per heavy atom. The molecule has 37 heavy (non-hydrogen) atoms. The third-order valence-corrected chi connectivity index (χ3v) is 6.70. The maximum absolute atomic E-state index is 12.9. The third-order valence-electron chi connectivity index (χ3n) is 6.70. The monoisotopic (exact) mass is 501 g/mol. The molecule has 0 atom stereocenters. The van der Waals surface area contributed by atoms with Crippen LogP contribution in [0.15, 0.2) is 36.0 Å². The number of H-pyrrole nitrogens is 2. The molecule has 0 bridgehead atoms. The summed E-state index contributed by atoms with van der Waals surface area (Å²) >= 11 is 0. The first-order valence-corrected chi connectivity index (χ1v) is 12.2. The summed E-state index contributed by atoms with van der Waals surface area (Å²) in [5, 5.41) is 7.06. The second-order valence-electron chi connectivity index (χ2n) is 9.15. The molecule has 0 spiro atoms. The molecular formula is C24H27N11O2. The number of aromatic amines is 2. The van der Waals surface area contributed by atoms with Gasteiger partial charge < -0.3 is 19.9 Å². The molecule has 1 fully saturated rings. The molecule has 190 valence electrons. The van der Waals surface area contributed by atoms with Crippen molar-refractivity contribution in [1.82, 2.24) is 49.9 Å². The molecule has 0 aromatic carbocycles. The second-order valence-corrected chi connectivity index (χ2v) is 9.15. The van der Waals surface area contributed by atoms with Gasteiger partial charge in [0.25, 0.3) is 11.5 Å². The zero-order valence-electron chi connectivity index (χ0n) is 20.6. The first kappa shape index (κ1) is 23.2. The number of pyridine rings is 2. The van der Waals surface area contributed by atoms with Crippen molar-refractivity contribution in [3.05, 3.63) is 42.2 Å². The van der Waals surface area contributed by atoms with Crippen molar-refractivity contribution in [3.63, 3.8) is 0 Å². The van der Waals surface area contributed by atoms with E-state index in [9.17, 15) is 4.79 Å². The van der Waals surface area contributed by atoms with Gasteiger partial charge in [-0.3, -0.25) is 19.6 Å². The summed E-state index contributed by atoms with van der Waals surface area (Å²) in [6, 6.07) is 2.28. The number of ether oxygens (including phenoxy) is 1. The van der Waals surface area contributed by atoms with E-state index in [1.54, 1.807) is 29.3 Å². The molecule has 0 aliphatic carbocycles. The van der Waals surface area contributed by atoms with E-state index in [4.69, 9.17) is 4.74 Å². The van der Waals surface area contributed by atoms with Crippen molar-refractivity contribution in [3.8, 4) is 0 Å². The summed E-state index contributed by atoms with van der Waals surface area (Å²) in [5.41, 5.74) is 4.61. The summed E-state index contributed by atoms with van der Waals surface area (Å²) in [6.45, 7) is 2.91. The van der Waals surface area contributed by atoms with Crippen LogP contribution in [-0.4, -0.2) is 89.9 Å². The second kappa shape index (κ2) is 9.67. The van der Waals surface area contributed by atoms with Crippen molar-refractivity contribution in [2.45, 2.75) is 18.9 Å². The van der Waals surface area contributed by atoms with E-state index >= 15 is 0 Å². The number of nitrogens with one attached hydrogen (secondary N) is 3. The number of likely N-dealkylation sites (N-methyl/N-ethyl adjacent to an activating group) is 1. The summed E-state index contributed by atoms with van der Waals surface area (Å²) in [4.78, 5) is 44.9. The Labute approximate surface area is 211 Å². The predicted octanol–water partition coefficient (Wildman–Crippen LogP) is 1.19. The summed E-state index contributed by atoms with van der Waals surface area (Å²) < 4.78 is 7.23. The Bertz CT molecular complexity index is 1650. The number of nitrogens with zero attached hydrogens (tertiary/aromatic N) is 8. The Balaban J connectivity index is 1.30. The molecule has 6 heterocycles. The lowest BCUT2D eigenvalue weighted by atomic mass is 10.1. The zero-order valence-corrected chi connectivity index (χ0v) is 20.6. The van der Waals surface area contributed by atoms with Crippen molar-refractivity contribution in [1.29, 1.82) is 0 Å². The lowest BCUT2D eigenvalue weighted by Crippen LogP contribution is -2.41. The van der Waals surface area contributed by atoms with Crippen LogP contribution in [0.2, 0.25) is 0 Å². The van der Waals surface area contributed by atoms with Gasteiger partial charge in [0.15, 0.2) is 5.65 Å². The number of aryl methyl sites for hydroxylation is 1. The number of rotatable bonds is 6. The van der Waals surface area contributed by atoms with E-state index < -0.39 is 0 Å². The smallest absolute Gasteiger partial charge is 0.252 e. The highest BCUT2D eigenvalue weighted by molar-refractivity contribution is 6.13. The highest BCUT2D eigenvalue weighted by atomic mass is 16.5. The van der Waals surface area contributed by atoms with Gasteiger partial charge in [-0.25, -0.2) is 19.9 Å². The Kier molecular flexibility index (Phi) is 6.06. The van der Waals surface area contributed by atoms with Crippen molar-refractivity contribution < 1.29 is 9.53 Å². The van der Waals surface area contributed by atoms with Gasteiger partial charge >= 0.3 is 0 Å². The average Bonchev–Trinajstić information content (AvgIpc) is 3.24.